The Morgan fingerprint density at radius 1 is 1.29 bits per heavy atom. The summed E-state index contributed by atoms with van der Waals surface area (Å²) >= 11 is 0. The summed E-state index contributed by atoms with van der Waals surface area (Å²) in [6.45, 7) is 4.41. The molecule has 0 unspecified atom stereocenters. The number of likely N-dealkylation sites (tertiary alicyclic amines) is 1. The van der Waals surface area contributed by atoms with Gasteiger partial charge in [0.05, 0.1) is 23.2 Å². The van der Waals surface area contributed by atoms with Gasteiger partial charge < -0.3 is 19.9 Å². The van der Waals surface area contributed by atoms with Crippen LogP contribution >= 0.6 is 0 Å². The van der Waals surface area contributed by atoms with E-state index in [2.05, 4.69) is 10.4 Å². The van der Waals surface area contributed by atoms with Gasteiger partial charge >= 0.3 is 0 Å². The molecule has 3 heterocycles. The zero-order valence-corrected chi connectivity index (χ0v) is 18.2. The lowest BCUT2D eigenvalue weighted by molar-refractivity contribution is -0.134. The van der Waals surface area contributed by atoms with E-state index in [1.54, 1.807) is 54.1 Å². The van der Waals surface area contributed by atoms with Gasteiger partial charge in [0.15, 0.2) is 0 Å². The minimum Gasteiger partial charge on any atom is -0.490 e. The first kappa shape index (κ1) is 20.9. The number of amides is 3. The van der Waals surface area contributed by atoms with Gasteiger partial charge in [-0.1, -0.05) is 12.1 Å². The molecule has 0 bridgehead atoms. The van der Waals surface area contributed by atoms with E-state index in [1.807, 2.05) is 13.8 Å². The monoisotopic (exact) mass is 425 g/mol. The second-order valence-corrected chi connectivity index (χ2v) is 8.67. The van der Waals surface area contributed by atoms with E-state index in [0.29, 0.717) is 16.9 Å². The molecule has 2 aliphatic heterocycles. The van der Waals surface area contributed by atoms with Crippen LogP contribution in [0.3, 0.4) is 0 Å². The lowest BCUT2D eigenvalue weighted by atomic mass is 9.86. The Kier molecular flexibility index (Phi) is 5.20. The van der Waals surface area contributed by atoms with Crippen LogP contribution in [0.2, 0.25) is 0 Å². The number of hydrogen-bond donors (Lipinski definition) is 1. The second-order valence-electron chi connectivity index (χ2n) is 8.67. The zero-order valence-electron chi connectivity index (χ0n) is 18.2. The van der Waals surface area contributed by atoms with Crippen molar-refractivity contribution in [1.29, 1.82) is 0 Å². The normalized spacial score (nSPS) is 22.7. The van der Waals surface area contributed by atoms with E-state index in [4.69, 9.17) is 4.74 Å². The van der Waals surface area contributed by atoms with Crippen LogP contribution in [0.15, 0.2) is 36.7 Å². The Morgan fingerprint density at radius 2 is 2.03 bits per heavy atom. The Labute approximate surface area is 180 Å². The van der Waals surface area contributed by atoms with Crippen molar-refractivity contribution in [3.63, 3.8) is 0 Å². The molecule has 2 atom stereocenters. The molecular formula is C22H27N5O4. The maximum absolute atomic E-state index is 13.2. The zero-order chi connectivity index (χ0) is 22.3. The van der Waals surface area contributed by atoms with Crippen molar-refractivity contribution in [1.82, 2.24) is 24.9 Å². The number of carbonyl (C=O) groups excluding carboxylic acids is 3. The Hall–Kier alpha value is -3.36. The highest BCUT2D eigenvalue weighted by Gasteiger charge is 2.54. The number of carbonyl (C=O) groups is 3. The molecule has 1 saturated heterocycles. The fourth-order valence-electron chi connectivity index (χ4n) is 4.19. The third-order valence-electron chi connectivity index (χ3n) is 5.93. The highest BCUT2D eigenvalue weighted by atomic mass is 16.5. The summed E-state index contributed by atoms with van der Waals surface area (Å²) < 4.78 is 7.69. The number of fused-ring (bicyclic) bond motifs is 1. The average molecular weight is 425 g/mol. The summed E-state index contributed by atoms with van der Waals surface area (Å²) in [6.07, 6.45) is 3.24. The third-order valence-corrected chi connectivity index (χ3v) is 5.93. The molecule has 1 N–H and O–H groups in total. The molecule has 2 aliphatic rings. The smallest absolute Gasteiger partial charge is 0.257 e. The van der Waals surface area contributed by atoms with Crippen molar-refractivity contribution < 1.29 is 19.1 Å². The van der Waals surface area contributed by atoms with Gasteiger partial charge in [-0.15, -0.1) is 0 Å². The van der Waals surface area contributed by atoms with Crippen LogP contribution in [0.25, 0.3) is 0 Å². The van der Waals surface area contributed by atoms with Gasteiger partial charge in [-0.3, -0.25) is 19.1 Å². The molecule has 0 aliphatic carbocycles. The fraction of sp³-hybridized carbons (Fsp3) is 0.455. The maximum atomic E-state index is 13.2. The van der Waals surface area contributed by atoms with Crippen LogP contribution in [0, 0.1) is 5.92 Å². The van der Waals surface area contributed by atoms with Crippen LogP contribution in [-0.4, -0.2) is 76.6 Å². The Morgan fingerprint density at radius 3 is 2.71 bits per heavy atom. The topological polar surface area (TPSA) is 96.8 Å². The van der Waals surface area contributed by atoms with Crippen LogP contribution in [0.5, 0.6) is 5.75 Å². The molecule has 2 aromatic rings. The van der Waals surface area contributed by atoms with Crippen LogP contribution < -0.4 is 10.1 Å². The van der Waals surface area contributed by atoms with Crippen LogP contribution in [0.1, 0.15) is 40.6 Å². The molecule has 31 heavy (non-hydrogen) atoms. The van der Waals surface area contributed by atoms with Gasteiger partial charge in [0.1, 0.15) is 17.9 Å². The lowest BCUT2D eigenvalue weighted by Crippen LogP contribution is -2.60. The molecule has 0 radical (unpaired) electrons. The molecule has 1 fully saturated rings. The molecule has 164 valence electrons. The predicted molar refractivity (Wildman–Crippen MR) is 113 cm³/mol. The molecular weight excluding hydrogens is 398 g/mol. The number of nitrogens with zero attached hydrogens (tertiary/aromatic N) is 4. The van der Waals surface area contributed by atoms with Gasteiger partial charge in [-0.2, -0.15) is 5.10 Å². The van der Waals surface area contributed by atoms with Crippen molar-refractivity contribution in [3.05, 3.63) is 47.8 Å². The minimum absolute atomic E-state index is 0.0923. The van der Waals surface area contributed by atoms with Crippen molar-refractivity contribution in [2.24, 2.45) is 5.92 Å². The van der Waals surface area contributed by atoms with Gasteiger partial charge in [0.25, 0.3) is 11.8 Å². The van der Waals surface area contributed by atoms with Crippen molar-refractivity contribution in [2.75, 3.05) is 33.8 Å². The van der Waals surface area contributed by atoms with Gasteiger partial charge in [-0.25, -0.2) is 0 Å². The summed E-state index contributed by atoms with van der Waals surface area (Å²) in [5.41, 5.74) is -0.161. The Bertz CT molecular complexity index is 1030. The predicted octanol–water partition coefficient (Wildman–Crippen LogP) is 1.19. The summed E-state index contributed by atoms with van der Waals surface area (Å²) in [5, 5.41) is 7.28. The number of hydrogen-bond acceptors (Lipinski definition) is 5. The van der Waals surface area contributed by atoms with E-state index in [9.17, 15) is 14.4 Å². The molecule has 1 aromatic heterocycles. The summed E-state index contributed by atoms with van der Waals surface area (Å²) in [6, 6.07) is 7.10. The Balaban J connectivity index is 1.66. The van der Waals surface area contributed by atoms with E-state index in [-0.39, 0.29) is 43.5 Å². The van der Waals surface area contributed by atoms with Gasteiger partial charge in [-0.05, 0) is 26.0 Å². The van der Waals surface area contributed by atoms with E-state index < -0.39 is 11.5 Å². The number of benzene rings is 1. The van der Waals surface area contributed by atoms with Crippen molar-refractivity contribution in [3.8, 4) is 5.75 Å². The summed E-state index contributed by atoms with van der Waals surface area (Å²) in [7, 11) is 3.34. The number of nitrogens with one attached hydrogen (secondary N) is 1. The second kappa shape index (κ2) is 7.72. The SMILES string of the molecule is CC(C)n1cc(C(=O)N2C[C@H](C(=O)N(C)C)[C@]3(COc4ccccc4C(=O)N3)C2)cn1. The standard InChI is InChI=1S/C22H27N5O4/c1-14(2)27-10-15(9-23-27)20(29)26-11-17(21(30)25(3)4)22(12-26)13-31-18-8-6-5-7-16(18)19(28)24-22/h5-10,14,17H,11-13H2,1-4H3,(H,24,28)/t17-,22-/m1/s1. The number of aromatic nitrogens is 2. The molecule has 4 rings (SSSR count). The van der Waals surface area contributed by atoms with Crippen LogP contribution in [-0.2, 0) is 4.79 Å². The average Bonchev–Trinajstić information content (AvgIpc) is 3.34. The first-order chi connectivity index (χ1) is 14.7. The van der Waals surface area contributed by atoms with E-state index >= 15 is 0 Å². The quantitative estimate of drug-likeness (QED) is 0.797. The first-order valence-electron chi connectivity index (χ1n) is 10.3. The minimum atomic E-state index is -1.03. The van der Waals surface area contributed by atoms with Crippen LogP contribution in [0.4, 0.5) is 0 Å². The summed E-state index contributed by atoms with van der Waals surface area (Å²) in [4.78, 5) is 42.4. The summed E-state index contributed by atoms with van der Waals surface area (Å²) in [5.74, 6) is -0.869. The molecule has 9 nitrogen and oxygen atoms in total. The highest BCUT2D eigenvalue weighted by Crippen LogP contribution is 2.34. The number of para-hydroxylation sites is 1. The molecule has 0 saturated carbocycles. The van der Waals surface area contributed by atoms with Crippen molar-refractivity contribution in [2.45, 2.75) is 25.4 Å². The van der Waals surface area contributed by atoms with E-state index in [1.165, 1.54) is 11.1 Å². The number of ether oxygens (including phenoxy) is 1. The van der Waals surface area contributed by atoms with Gasteiger partial charge in [0.2, 0.25) is 5.91 Å². The number of rotatable bonds is 3. The van der Waals surface area contributed by atoms with Gasteiger partial charge in [0, 0.05) is 39.4 Å². The maximum Gasteiger partial charge on any atom is 0.257 e. The van der Waals surface area contributed by atoms with Crippen molar-refractivity contribution >= 4 is 17.7 Å². The lowest BCUT2D eigenvalue weighted by Gasteiger charge is -2.33. The highest BCUT2D eigenvalue weighted by molar-refractivity contribution is 5.99. The van der Waals surface area contributed by atoms with E-state index in [0.717, 1.165) is 0 Å². The molecule has 1 spiro atoms. The third kappa shape index (κ3) is 3.64. The fourth-order valence-corrected chi connectivity index (χ4v) is 4.19. The molecule has 3 amide bonds. The molecule has 1 aromatic carbocycles. The largest absolute Gasteiger partial charge is 0.490 e. The molecule has 9 heteroatoms. The first-order valence-corrected chi connectivity index (χ1v) is 10.3.